The van der Waals surface area contributed by atoms with Crippen LogP contribution in [-0.2, 0) is 9.53 Å². The topological polar surface area (TPSA) is 84.5 Å². The SMILES string of the molecule is CCOC(=O)c1c(NC(C)=O)sc(C(=O)Nc2cccc(Cl)c2C)c1C. The van der Waals surface area contributed by atoms with E-state index < -0.39 is 5.97 Å². The lowest BCUT2D eigenvalue weighted by atomic mass is 10.1. The number of nitrogens with one attached hydrogen (secondary N) is 2. The predicted octanol–water partition coefficient (Wildman–Crippen LogP) is 4.41. The molecule has 0 bridgehead atoms. The second kappa shape index (κ2) is 8.33. The highest BCUT2D eigenvalue weighted by molar-refractivity contribution is 7.18. The molecule has 1 heterocycles. The van der Waals surface area contributed by atoms with Gasteiger partial charge in [0.05, 0.1) is 17.0 Å². The van der Waals surface area contributed by atoms with Gasteiger partial charge in [-0.1, -0.05) is 17.7 Å². The van der Waals surface area contributed by atoms with Crippen molar-refractivity contribution in [2.24, 2.45) is 0 Å². The molecule has 0 aliphatic carbocycles. The minimum absolute atomic E-state index is 0.191. The van der Waals surface area contributed by atoms with Crippen LogP contribution in [-0.4, -0.2) is 24.4 Å². The number of carbonyl (C=O) groups excluding carboxylic acids is 3. The molecule has 26 heavy (non-hydrogen) atoms. The molecule has 2 N–H and O–H groups in total. The first-order valence-corrected chi connectivity index (χ1v) is 9.10. The van der Waals surface area contributed by atoms with E-state index in [0.717, 1.165) is 16.9 Å². The van der Waals surface area contributed by atoms with Crippen LogP contribution < -0.4 is 10.6 Å². The fourth-order valence-electron chi connectivity index (χ4n) is 2.35. The summed E-state index contributed by atoms with van der Waals surface area (Å²) in [6.45, 7) is 6.66. The van der Waals surface area contributed by atoms with Gasteiger partial charge >= 0.3 is 5.97 Å². The van der Waals surface area contributed by atoms with Crippen LogP contribution in [0.2, 0.25) is 5.02 Å². The first-order chi connectivity index (χ1) is 12.3. The molecule has 0 radical (unpaired) electrons. The van der Waals surface area contributed by atoms with E-state index in [2.05, 4.69) is 10.6 Å². The van der Waals surface area contributed by atoms with Crippen LogP contribution in [0.25, 0.3) is 0 Å². The Balaban J connectivity index is 2.42. The van der Waals surface area contributed by atoms with Crippen molar-refractivity contribution >= 4 is 51.4 Å². The molecule has 1 aromatic heterocycles. The summed E-state index contributed by atoms with van der Waals surface area (Å²) in [5, 5.41) is 6.22. The van der Waals surface area contributed by atoms with Crippen LogP contribution in [0.4, 0.5) is 10.7 Å². The Kier molecular flexibility index (Phi) is 6.39. The molecule has 2 amide bonds. The molecule has 138 valence electrons. The van der Waals surface area contributed by atoms with Gasteiger partial charge in [0, 0.05) is 17.6 Å². The highest BCUT2D eigenvalue weighted by atomic mass is 35.5. The number of anilines is 2. The number of amides is 2. The van der Waals surface area contributed by atoms with Crippen molar-refractivity contribution in [1.82, 2.24) is 0 Å². The Bertz CT molecular complexity index is 876. The van der Waals surface area contributed by atoms with Crippen molar-refractivity contribution < 1.29 is 19.1 Å². The van der Waals surface area contributed by atoms with Gasteiger partial charge in [-0.25, -0.2) is 4.79 Å². The van der Waals surface area contributed by atoms with E-state index in [1.54, 1.807) is 39.0 Å². The molecule has 8 heteroatoms. The largest absolute Gasteiger partial charge is 0.462 e. The number of thiophene rings is 1. The molecule has 0 spiro atoms. The molecule has 2 rings (SSSR count). The van der Waals surface area contributed by atoms with Gasteiger partial charge < -0.3 is 15.4 Å². The quantitative estimate of drug-likeness (QED) is 0.736. The molecule has 6 nitrogen and oxygen atoms in total. The van der Waals surface area contributed by atoms with E-state index in [-0.39, 0.29) is 24.0 Å². The number of esters is 1. The van der Waals surface area contributed by atoms with Crippen LogP contribution >= 0.6 is 22.9 Å². The highest BCUT2D eigenvalue weighted by Gasteiger charge is 2.26. The number of halogens is 1. The lowest BCUT2D eigenvalue weighted by Crippen LogP contribution is -2.14. The van der Waals surface area contributed by atoms with E-state index in [1.165, 1.54) is 6.92 Å². The monoisotopic (exact) mass is 394 g/mol. The third kappa shape index (κ3) is 4.23. The lowest BCUT2D eigenvalue weighted by Gasteiger charge is -2.09. The first kappa shape index (κ1) is 19.9. The molecular weight excluding hydrogens is 376 g/mol. The van der Waals surface area contributed by atoms with Crippen LogP contribution in [0.15, 0.2) is 18.2 Å². The molecule has 0 atom stereocenters. The Labute approximate surface area is 160 Å². The zero-order valence-electron chi connectivity index (χ0n) is 14.9. The van der Waals surface area contributed by atoms with E-state index in [1.807, 2.05) is 0 Å². The summed E-state index contributed by atoms with van der Waals surface area (Å²) in [6, 6.07) is 5.21. The van der Waals surface area contributed by atoms with Gasteiger partial charge in [0.2, 0.25) is 5.91 Å². The van der Waals surface area contributed by atoms with E-state index in [0.29, 0.717) is 26.2 Å². The van der Waals surface area contributed by atoms with Crippen molar-refractivity contribution in [3.05, 3.63) is 44.8 Å². The van der Waals surface area contributed by atoms with Gasteiger partial charge in [-0.15, -0.1) is 11.3 Å². The summed E-state index contributed by atoms with van der Waals surface area (Å²) >= 11 is 7.11. The molecule has 0 aliphatic rings. The molecule has 0 saturated carbocycles. The molecular formula is C18H19ClN2O4S. The zero-order chi connectivity index (χ0) is 19.4. The highest BCUT2D eigenvalue weighted by Crippen LogP contribution is 2.34. The smallest absolute Gasteiger partial charge is 0.341 e. The molecule has 2 aromatic rings. The van der Waals surface area contributed by atoms with Gasteiger partial charge in [0.1, 0.15) is 5.00 Å². The van der Waals surface area contributed by atoms with Gasteiger partial charge in [-0.05, 0) is 44.0 Å². The van der Waals surface area contributed by atoms with Gasteiger partial charge in [-0.2, -0.15) is 0 Å². The van der Waals surface area contributed by atoms with Crippen molar-refractivity contribution in [2.75, 3.05) is 17.2 Å². The standard InChI is InChI=1S/C18H19ClN2O4S/c1-5-25-18(24)14-10(3)15(26-17(14)20-11(4)22)16(23)21-13-8-6-7-12(19)9(13)2/h6-8H,5H2,1-4H3,(H,20,22)(H,21,23). The van der Waals surface area contributed by atoms with Crippen molar-refractivity contribution in [1.29, 1.82) is 0 Å². The maximum absolute atomic E-state index is 12.7. The summed E-state index contributed by atoms with van der Waals surface area (Å²) < 4.78 is 5.04. The predicted molar refractivity (Wildman–Crippen MR) is 103 cm³/mol. The fraction of sp³-hybridized carbons (Fsp3) is 0.278. The number of carbonyl (C=O) groups is 3. The van der Waals surface area contributed by atoms with Crippen LogP contribution in [0, 0.1) is 13.8 Å². The first-order valence-electron chi connectivity index (χ1n) is 7.90. The molecule has 0 aliphatic heterocycles. The van der Waals surface area contributed by atoms with Gasteiger partial charge in [0.15, 0.2) is 0 Å². The van der Waals surface area contributed by atoms with Crippen LogP contribution in [0.3, 0.4) is 0 Å². The van der Waals surface area contributed by atoms with Crippen LogP contribution in [0.5, 0.6) is 0 Å². The molecule has 0 fully saturated rings. The number of ether oxygens (including phenoxy) is 1. The Hall–Kier alpha value is -2.38. The second-order valence-corrected chi connectivity index (χ2v) is 6.96. The average molecular weight is 395 g/mol. The van der Waals surface area contributed by atoms with Crippen molar-refractivity contribution in [2.45, 2.75) is 27.7 Å². The summed E-state index contributed by atoms with van der Waals surface area (Å²) in [7, 11) is 0. The maximum Gasteiger partial charge on any atom is 0.341 e. The normalized spacial score (nSPS) is 10.3. The summed E-state index contributed by atoms with van der Waals surface area (Å²) in [6.07, 6.45) is 0. The van der Waals surface area contributed by atoms with Crippen molar-refractivity contribution in [3.8, 4) is 0 Å². The Morgan fingerprint density at radius 1 is 1.15 bits per heavy atom. The van der Waals surface area contributed by atoms with E-state index >= 15 is 0 Å². The number of hydrogen-bond acceptors (Lipinski definition) is 5. The van der Waals surface area contributed by atoms with E-state index in [4.69, 9.17) is 16.3 Å². The maximum atomic E-state index is 12.7. The summed E-state index contributed by atoms with van der Waals surface area (Å²) in [5.74, 6) is -1.31. The third-order valence-electron chi connectivity index (χ3n) is 3.64. The van der Waals surface area contributed by atoms with Gasteiger partial charge in [-0.3, -0.25) is 9.59 Å². The fourth-order valence-corrected chi connectivity index (χ4v) is 3.66. The minimum atomic E-state index is -0.581. The van der Waals surface area contributed by atoms with Crippen LogP contribution in [0.1, 0.15) is 45.0 Å². The average Bonchev–Trinajstić information content (AvgIpc) is 2.87. The summed E-state index contributed by atoms with van der Waals surface area (Å²) in [4.78, 5) is 36.7. The molecule has 0 saturated heterocycles. The number of rotatable bonds is 5. The third-order valence-corrected chi connectivity index (χ3v) is 5.25. The second-order valence-electron chi connectivity index (χ2n) is 5.53. The minimum Gasteiger partial charge on any atom is -0.462 e. The van der Waals surface area contributed by atoms with E-state index in [9.17, 15) is 14.4 Å². The Morgan fingerprint density at radius 3 is 2.46 bits per heavy atom. The van der Waals surface area contributed by atoms with Gasteiger partial charge in [0.25, 0.3) is 5.91 Å². The summed E-state index contributed by atoms with van der Waals surface area (Å²) in [5.41, 5.74) is 1.97. The zero-order valence-corrected chi connectivity index (χ0v) is 16.4. The number of hydrogen-bond donors (Lipinski definition) is 2. The number of benzene rings is 1. The molecule has 1 aromatic carbocycles. The van der Waals surface area contributed by atoms with Crippen molar-refractivity contribution in [3.63, 3.8) is 0 Å². The lowest BCUT2D eigenvalue weighted by molar-refractivity contribution is -0.114. The molecule has 0 unspecified atom stereocenters. The Morgan fingerprint density at radius 2 is 1.85 bits per heavy atom.